The van der Waals surface area contributed by atoms with Gasteiger partial charge in [-0.05, 0) is 23.8 Å². The van der Waals surface area contributed by atoms with Crippen molar-refractivity contribution in [3.05, 3.63) is 32.7 Å². The Bertz CT molecular complexity index is 319. The first-order valence-corrected chi connectivity index (χ1v) is 6.49. The van der Waals surface area contributed by atoms with Crippen LogP contribution in [0.25, 0.3) is 0 Å². The van der Waals surface area contributed by atoms with Gasteiger partial charge in [0.15, 0.2) is 0 Å². The fourth-order valence-corrected chi connectivity index (χ4v) is 2.45. The van der Waals surface area contributed by atoms with Crippen LogP contribution in [0.5, 0.6) is 0 Å². The lowest BCUT2D eigenvalue weighted by molar-refractivity contribution is -0.141. The Morgan fingerprint density at radius 1 is 1.21 bits per heavy atom. The molecule has 0 aliphatic rings. The highest BCUT2D eigenvalue weighted by Gasteiger charge is 2.02. The average Bonchev–Trinajstić information content (AvgIpc) is 2.12. The van der Waals surface area contributed by atoms with Crippen LogP contribution in [-0.4, -0.2) is 11.3 Å². The second-order valence-electron chi connectivity index (χ2n) is 2.57. The molecule has 0 heterocycles. The van der Waals surface area contributed by atoms with Crippen molar-refractivity contribution in [1.82, 2.24) is 0 Å². The van der Waals surface area contributed by atoms with E-state index in [1.807, 2.05) is 18.2 Å². The maximum absolute atomic E-state index is 10.9. The van der Waals surface area contributed by atoms with Crippen molar-refractivity contribution >= 4 is 53.8 Å². The van der Waals surface area contributed by atoms with Gasteiger partial charge >= 0.3 is 5.97 Å². The summed E-state index contributed by atoms with van der Waals surface area (Å²) in [6.07, 6.45) is 0. The van der Waals surface area contributed by atoms with Crippen LogP contribution >= 0.6 is 47.8 Å². The van der Waals surface area contributed by atoms with Gasteiger partial charge in [-0.2, -0.15) is 0 Å². The minimum absolute atomic E-state index is 0.224. The number of alkyl halides is 1. The smallest absolute Gasteiger partial charge is 0.316 e. The Kier molecular flexibility index (Phi) is 5.12. The molecule has 0 spiro atoms. The fraction of sp³-hybridized carbons (Fsp3) is 0.222. The van der Waals surface area contributed by atoms with Crippen LogP contribution < -0.4 is 0 Å². The molecule has 14 heavy (non-hydrogen) atoms. The number of esters is 1. The Morgan fingerprint density at radius 3 is 2.29 bits per heavy atom. The topological polar surface area (TPSA) is 26.3 Å². The normalized spacial score (nSPS) is 9.93. The second kappa shape index (κ2) is 5.88. The number of hydrogen-bond acceptors (Lipinski definition) is 2. The monoisotopic (exact) mass is 384 g/mol. The maximum atomic E-state index is 10.9. The van der Waals surface area contributed by atoms with E-state index in [1.54, 1.807) is 0 Å². The molecule has 0 amide bonds. The first-order chi connectivity index (χ1) is 6.61. The Morgan fingerprint density at radius 2 is 1.79 bits per heavy atom. The molecular weight excluding hydrogens is 380 g/mol. The van der Waals surface area contributed by atoms with Gasteiger partial charge < -0.3 is 4.74 Å². The van der Waals surface area contributed by atoms with E-state index in [1.165, 1.54) is 0 Å². The first-order valence-electron chi connectivity index (χ1n) is 3.78. The zero-order valence-electron chi connectivity index (χ0n) is 7.10. The molecule has 0 bridgehead atoms. The van der Waals surface area contributed by atoms with E-state index in [0.29, 0.717) is 6.61 Å². The summed E-state index contributed by atoms with van der Waals surface area (Å²) >= 11 is 9.74. The molecule has 0 N–H and O–H groups in total. The van der Waals surface area contributed by atoms with Gasteiger partial charge in [-0.3, -0.25) is 4.79 Å². The molecule has 0 atom stereocenters. The number of benzene rings is 1. The van der Waals surface area contributed by atoms with Crippen LogP contribution in [0, 0.1) is 0 Å². The predicted molar refractivity (Wildman–Crippen MR) is 65.4 cm³/mol. The van der Waals surface area contributed by atoms with E-state index in [2.05, 4.69) is 47.8 Å². The zero-order valence-corrected chi connectivity index (χ0v) is 11.9. The van der Waals surface area contributed by atoms with E-state index < -0.39 is 0 Å². The molecule has 0 unspecified atom stereocenters. The van der Waals surface area contributed by atoms with E-state index in [4.69, 9.17) is 4.74 Å². The summed E-state index contributed by atoms with van der Waals surface area (Å²) in [5.41, 5.74) is 0.945. The zero-order chi connectivity index (χ0) is 10.6. The van der Waals surface area contributed by atoms with E-state index in [-0.39, 0.29) is 11.3 Å². The Hall–Kier alpha value is 0.130. The van der Waals surface area contributed by atoms with Crippen LogP contribution in [0.1, 0.15) is 5.56 Å². The molecule has 5 heteroatoms. The molecule has 0 saturated carbocycles. The summed E-state index contributed by atoms with van der Waals surface area (Å²) < 4.78 is 6.87. The summed E-state index contributed by atoms with van der Waals surface area (Å²) in [5, 5.41) is 0.224. The molecule has 0 aromatic heterocycles. The Balaban J connectivity index is 2.63. The maximum Gasteiger partial charge on any atom is 0.316 e. The summed E-state index contributed by atoms with van der Waals surface area (Å²) in [4.78, 5) is 10.9. The summed E-state index contributed by atoms with van der Waals surface area (Å²) in [5.74, 6) is -0.263. The number of hydrogen-bond donors (Lipinski definition) is 0. The van der Waals surface area contributed by atoms with Crippen molar-refractivity contribution < 1.29 is 9.53 Å². The van der Waals surface area contributed by atoms with Crippen LogP contribution in [0.2, 0.25) is 0 Å². The second-order valence-corrected chi connectivity index (χ2v) is 4.96. The summed E-state index contributed by atoms with van der Waals surface area (Å²) in [7, 11) is 0. The summed E-state index contributed by atoms with van der Waals surface area (Å²) in [6, 6.07) is 5.74. The third-order valence-electron chi connectivity index (χ3n) is 1.43. The number of halogens is 3. The molecule has 0 radical (unpaired) electrons. The SMILES string of the molecule is O=C(CBr)OCc1cc(Br)cc(Br)c1. The van der Waals surface area contributed by atoms with Crippen molar-refractivity contribution in [3.8, 4) is 0 Å². The molecule has 0 saturated heterocycles. The van der Waals surface area contributed by atoms with Crippen molar-refractivity contribution in [3.63, 3.8) is 0 Å². The van der Waals surface area contributed by atoms with Crippen LogP contribution in [-0.2, 0) is 16.1 Å². The molecule has 0 fully saturated rings. The number of carbonyl (C=O) groups excluding carboxylic acids is 1. The molecule has 0 aliphatic heterocycles. The standard InChI is InChI=1S/C9H7Br3O2/c10-4-9(13)14-5-6-1-7(11)3-8(12)2-6/h1-3H,4-5H2. The highest BCUT2D eigenvalue weighted by molar-refractivity contribution is 9.11. The number of rotatable bonds is 3. The molecule has 1 aromatic rings. The molecule has 76 valence electrons. The van der Waals surface area contributed by atoms with Gasteiger partial charge in [0.05, 0.1) is 0 Å². The molecule has 0 aliphatic carbocycles. The van der Waals surface area contributed by atoms with Crippen molar-refractivity contribution in [1.29, 1.82) is 0 Å². The highest BCUT2D eigenvalue weighted by atomic mass is 79.9. The predicted octanol–water partition coefficient (Wildman–Crippen LogP) is 3.65. The van der Waals surface area contributed by atoms with E-state index in [0.717, 1.165) is 14.5 Å². The van der Waals surface area contributed by atoms with Crippen LogP contribution in [0.15, 0.2) is 27.1 Å². The quantitative estimate of drug-likeness (QED) is 0.585. The minimum Gasteiger partial charge on any atom is -0.460 e. The van der Waals surface area contributed by atoms with Crippen molar-refractivity contribution in [2.75, 3.05) is 5.33 Å². The fourth-order valence-electron chi connectivity index (χ4n) is 0.897. The highest BCUT2D eigenvalue weighted by Crippen LogP contribution is 2.20. The van der Waals surface area contributed by atoms with Crippen LogP contribution in [0.4, 0.5) is 0 Å². The van der Waals surface area contributed by atoms with Gasteiger partial charge in [-0.1, -0.05) is 47.8 Å². The van der Waals surface area contributed by atoms with E-state index >= 15 is 0 Å². The largest absolute Gasteiger partial charge is 0.460 e. The summed E-state index contributed by atoms with van der Waals surface area (Å²) in [6.45, 7) is 0.294. The third-order valence-corrected chi connectivity index (χ3v) is 2.80. The lowest BCUT2D eigenvalue weighted by Gasteiger charge is -2.04. The molecule has 1 rings (SSSR count). The molecule has 2 nitrogen and oxygen atoms in total. The number of ether oxygens (including phenoxy) is 1. The lowest BCUT2D eigenvalue weighted by atomic mass is 10.2. The lowest BCUT2D eigenvalue weighted by Crippen LogP contribution is -2.05. The number of carbonyl (C=O) groups is 1. The van der Waals surface area contributed by atoms with Gasteiger partial charge in [0.1, 0.15) is 11.9 Å². The van der Waals surface area contributed by atoms with Crippen LogP contribution in [0.3, 0.4) is 0 Å². The van der Waals surface area contributed by atoms with Gasteiger partial charge in [-0.15, -0.1) is 0 Å². The Labute approximate surface area is 107 Å². The first kappa shape index (κ1) is 12.2. The average molecular weight is 387 g/mol. The van der Waals surface area contributed by atoms with E-state index in [9.17, 15) is 4.79 Å². The molecule has 1 aromatic carbocycles. The van der Waals surface area contributed by atoms with Gasteiger partial charge in [0.2, 0.25) is 0 Å². The van der Waals surface area contributed by atoms with Crippen molar-refractivity contribution in [2.45, 2.75) is 6.61 Å². The van der Waals surface area contributed by atoms with Gasteiger partial charge in [-0.25, -0.2) is 0 Å². The van der Waals surface area contributed by atoms with Gasteiger partial charge in [0.25, 0.3) is 0 Å². The minimum atomic E-state index is -0.263. The third kappa shape index (κ3) is 4.11. The van der Waals surface area contributed by atoms with Crippen molar-refractivity contribution in [2.24, 2.45) is 0 Å². The molecular formula is C9H7Br3O2. The van der Waals surface area contributed by atoms with Gasteiger partial charge in [0, 0.05) is 8.95 Å².